The van der Waals surface area contributed by atoms with E-state index < -0.39 is 0 Å². The van der Waals surface area contributed by atoms with Gasteiger partial charge in [-0.2, -0.15) is 0 Å². The summed E-state index contributed by atoms with van der Waals surface area (Å²) < 4.78 is 5.86. The van der Waals surface area contributed by atoms with Gasteiger partial charge in [0.25, 0.3) is 0 Å². The number of para-hydroxylation sites is 1. The molecule has 0 spiro atoms. The van der Waals surface area contributed by atoms with E-state index in [2.05, 4.69) is 30.4 Å². The van der Waals surface area contributed by atoms with Crippen LogP contribution in [0.15, 0.2) is 34.7 Å². The summed E-state index contributed by atoms with van der Waals surface area (Å²) in [4.78, 5) is 0. The zero-order valence-electron chi connectivity index (χ0n) is 8.86. The normalized spacial score (nSPS) is 26.2. The largest absolute Gasteiger partial charge is 0.461 e. The summed E-state index contributed by atoms with van der Waals surface area (Å²) in [6, 6.07) is 11.0. The molecule has 2 heteroatoms. The second-order valence-electron chi connectivity index (χ2n) is 4.43. The highest BCUT2D eigenvalue weighted by molar-refractivity contribution is 5.77. The summed E-state index contributed by atoms with van der Waals surface area (Å²) in [6.07, 6.45) is 1.18. The highest BCUT2D eigenvalue weighted by atomic mass is 16.3. The number of nitrogens with one attached hydrogen (secondary N) is 1. The van der Waals surface area contributed by atoms with Crippen LogP contribution in [0.2, 0.25) is 0 Å². The third kappa shape index (κ3) is 1.55. The lowest BCUT2D eigenvalue weighted by Crippen LogP contribution is -2.16. The third-order valence-corrected chi connectivity index (χ3v) is 3.20. The monoisotopic (exact) mass is 201 g/mol. The molecule has 1 aromatic heterocycles. The molecule has 0 bridgehead atoms. The molecule has 1 aliphatic rings. The molecular weight excluding hydrogens is 186 g/mol. The number of benzene rings is 1. The number of furan rings is 1. The van der Waals surface area contributed by atoms with Crippen LogP contribution in [0.1, 0.15) is 25.0 Å². The number of rotatable bonds is 1. The van der Waals surface area contributed by atoms with E-state index in [0.29, 0.717) is 12.0 Å². The Hall–Kier alpha value is -1.28. The van der Waals surface area contributed by atoms with Gasteiger partial charge in [0, 0.05) is 23.9 Å². The van der Waals surface area contributed by atoms with Gasteiger partial charge in [0.1, 0.15) is 11.3 Å². The van der Waals surface area contributed by atoms with Gasteiger partial charge >= 0.3 is 0 Å². The first-order valence-electron chi connectivity index (χ1n) is 5.55. The molecular formula is C13H15NO. The van der Waals surface area contributed by atoms with Crippen LogP contribution >= 0.6 is 0 Å². The predicted molar refractivity (Wildman–Crippen MR) is 61.0 cm³/mol. The zero-order valence-corrected chi connectivity index (χ0v) is 8.86. The van der Waals surface area contributed by atoms with Crippen molar-refractivity contribution in [3.8, 4) is 0 Å². The minimum absolute atomic E-state index is 0.549. The molecule has 2 nitrogen and oxygen atoms in total. The van der Waals surface area contributed by atoms with Gasteiger partial charge in [0.05, 0.1) is 0 Å². The Morgan fingerprint density at radius 2 is 2.20 bits per heavy atom. The molecule has 0 saturated carbocycles. The molecule has 2 unspecified atom stereocenters. The van der Waals surface area contributed by atoms with Crippen LogP contribution in [0, 0.1) is 0 Å². The molecule has 15 heavy (non-hydrogen) atoms. The highest BCUT2D eigenvalue weighted by Crippen LogP contribution is 2.30. The van der Waals surface area contributed by atoms with Gasteiger partial charge in [-0.15, -0.1) is 0 Å². The molecule has 1 aromatic carbocycles. The molecule has 1 N–H and O–H groups in total. The van der Waals surface area contributed by atoms with Crippen molar-refractivity contribution in [3.63, 3.8) is 0 Å². The van der Waals surface area contributed by atoms with Gasteiger partial charge in [-0.05, 0) is 25.5 Å². The average molecular weight is 201 g/mol. The summed E-state index contributed by atoms with van der Waals surface area (Å²) in [5, 5.41) is 4.67. The van der Waals surface area contributed by atoms with Gasteiger partial charge in [-0.1, -0.05) is 18.2 Å². The van der Waals surface area contributed by atoms with Crippen LogP contribution in [0.5, 0.6) is 0 Å². The molecule has 2 heterocycles. The van der Waals surface area contributed by atoms with Crippen molar-refractivity contribution in [3.05, 3.63) is 36.1 Å². The van der Waals surface area contributed by atoms with E-state index in [4.69, 9.17) is 4.42 Å². The fraction of sp³-hybridized carbons (Fsp3) is 0.385. The van der Waals surface area contributed by atoms with Crippen molar-refractivity contribution in [1.29, 1.82) is 0 Å². The van der Waals surface area contributed by atoms with Crippen molar-refractivity contribution in [1.82, 2.24) is 5.32 Å². The van der Waals surface area contributed by atoms with E-state index in [1.165, 1.54) is 11.8 Å². The average Bonchev–Trinajstić information content (AvgIpc) is 2.82. The van der Waals surface area contributed by atoms with Crippen molar-refractivity contribution in [2.75, 3.05) is 6.54 Å². The van der Waals surface area contributed by atoms with E-state index in [0.717, 1.165) is 17.9 Å². The zero-order chi connectivity index (χ0) is 10.3. The number of fused-ring (bicyclic) bond motifs is 1. The van der Waals surface area contributed by atoms with Crippen molar-refractivity contribution >= 4 is 11.0 Å². The smallest absolute Gasteiger partial charge is 0.134 e. The summed E-state index contributed by atoms with van der Waals surface area (Å²) in [6.45, 7) is 3.27. The van der Waals surface area contributed by atoms with Crippen molar-refractivity contribution < 1.29 is 4.42 Å². The first-order chi connectivity index (χ1) is 7.33. The summed E-state index contributed by atoms with van der Waals surface area (Å²) >= 11 is 0. The maximum Gasteiger partial charge on any atom is 0.134 e. The second kappa shape index (κ2) is 3.38. The lowest BCUT2D eigenvalue weighted by Gasteiger charge is -2.02. The van der Waals surface area contributed by atoms with Gasteiger partial charge in [-0.25, -0.2) is 0 Å². The van der Waals surface area contributed by atoms with Crippen molar-refractivity contribution in [2.24, 2.45) is 0 Å². The standard InChI is InChI=1S/C13H15NO/c1-9-6-11(8-14-9)13-7-10-4-2-3-5-12(10)15-13/h2-5,7,9,11,14H,6,8H2,1H3. The number of hydrogen-bond donors (Lipinski definition) is 1. The lowest BCUT2D eigenvalue weighted by atomic mass is 10.0. The Kier molecular flexibility index (Phi) is 2.03. The van der Waals surface area contributed by atoms with Crippen LogP contribution in [0.4, 0.5) is 0 Å². The van der Waals surface area contributed by atoms with Gasteiger partial charge in [0.15, 0.2) is 0 Å². The second-order valence-corrected chi connectivity index (χ2v) is 4.43. The molecule has 0 radical (unpaired) electrons. The van der Waals surface area contributed by atoms with E-state index in [9.17, 15) is 0 Å². The van der Waals surface area contributed by atoms with Crippen LogP contribution in [0.25, 0.3) is 11.0 Å². The van der Waals surface area contributed by atoms with Gasteiger partial charge in [-0.3, -0.25) is 0 Å². The molecule has 78 valence electrons. The maximum absolute atomic E-state index is 5.86. The third-order valence-electron chi connectivity index (χ3n) is 3.20. The van der Waals surface area contributed by atoms with E-state index in [-0.39, 0.29) is 0 Å². The van der Waals surface area contributed by atoms with Gasteiger partial charge in [0.2, 0.25) is 0 Å². The summed E-state index contributed by atoms with van der Waals surface area (Å²) in [7, 11) is 0. The van der Waals surface area contributed by atoms with Crippen LogP contribution in [-0.4, -0.2) is 12.6 Å². The minimum Gasteiger partial charge on any atom is -0.461 e. The number of hydrogen-bond acceptors (Lipinski definition) is 2. The SMILES string of the molecule is CC1CC(c2cc3ccccc3o2)CN1. The first-order valence-corrected chi connectivity index (χ1v) is 5.55. The van der Waals surface area contributed by atoms with Gasteiger partial charge < -0.3 is 9.73 Å². The Morgan fingerprint density at radius 3 is 2.93 bits per heavy atom. The molecule has 0 aliphatic carbocycles. The molecule has 0 amide bonds. The molecule has 2 atom stereocenters. The lowest BCUT2D eigenvalue weighted by molar-refractivity contribution is 0.501. The van der Waals surface area contributed by atoms with Crippen molar-refractivity contribution in [2.45, 2.75) is 25.3 Å². The molecule has 1 aliphatic heterocycles. The quantitative estimate of drug-likeness (QED) is 0.767. The predicted octanol–water partition coefficient (Wildman–Crippen LogP) is 2.90. The summed E-state index contributed by atoms with van der Waals surface area (Å²) in [5.74, 6) is 1.68. The van der Waals surface area contributed by atoms with E-state index >= 15 is 0 Å². The molecule has 3 rings (SSSR count). The van der Waals surface area contributed by atoms with E-state index in [1.54, 1.807) is 0 Å². The highest BCUT2D eigenvalue weighted by Gasteiger charge is 2.24. The fourth-order valence-electron chi connectivity index (χ4n) is 2.36. The maximum atomic E-state index is 5.86. The molecule has 1 fully saturated rings. The minimum atomic E-state index is 0.549. The van der Waals surface area contributed by atoms with E-state index in [1.807, 2.05) is 12.1 Å². The first kappa shape index (κ1) is 8.98. The molecule has 2 aromatic rings. The Bertz CT molecular complexity index is 441. The fourth-order valence-corrected chi connectivity index (χ4v) is 2.36. The van der Waals surface area contributed by atoms with Crippen LogP contribution < -0.4 is 5.32 Å². The van der Waals surface area contributed by atoms with Crippen LogP contribution in [0.3, 0.4) is 0 Å². The summed E-state index contributed by atoms with van der Waals surface area (Å²) in [5.41, 5.74) is 1.01. The Labute approximate surface area is 89.3 Å². The Balaban J connectivity index is 1.98. The molecule has 1 saturated heterocycles. The topological polar surface area (TPSA) is 25.2 Å². The Morgan fingerprint density at radius 1 is 1.33 bits per heavy atom. The van der Waals surface area contributed by atoms with Crippen LogP contribution in [-0.2, 0) is 0 Å².